The van der Waals surface area contributed by atoms with E-state index in [0.29, 0.717) is 6.42 Å². The number of alkyl halides is 2. The Balaban J connectivity index is 2.46. The van der Waals surface area contributed by atoms with Gasteiger partial charge in [-0.05, 0) is 25.8 Å². The molecule has 3 nitrogen and oxygen atoms in total. The van der Waals surface area contributed by atoms with Crippen LogP contribution in [0, 0.1) is 0 Å². The van der Waals surface area contributed by atoms with Crippen LogP contribution in [0.3, 0.4) is 0 Å². The van der Waals surface area contributed by atoms with Crippen LogP contribution in [0.15, 0.2) is 28.9 Å². The van der Waals surface area contributed by atoms with Gasteiger partial charge in [-0.15, -0.1) is 17.3 Å². The van der Waals surface area contributed by atoms with Gasteiger partial charge in [-0.1, -0.05) is 44.0 Å². The van der Waals surface area contributed by atoms with Crippen molar-refractivity contribution < 1.29 is 14.9 Å². The van der Waals surface area contributed by atoms with Crippen LogP contribution in [-0.2, 0) is 4.74 Å². The fraction of sp³-hybridized carbons (Fsp3) is 0.667. The minimum atomic E-state index is -0.618. The van der Waals surface area contributed by atoms with E-state index in [1.807, 2.05) is 6.08 Å². The van der Waals surface area contributed by atoms with E-state index in [0.717, 1.165) is 12.8 Å². The lowest BCUT2D eigenvalue weighted by atomic mass is 10.1. The third-order valence-corrected chi connectivity index (χ3v) is 4.90. The topological polar surface area (TPSA) is 49.7 Å². The van der Waals surface area contributed by atoms with E-state index >= 15 is 0 Å². The fourth-order valence-electron chi connectivity index (χ4n) is 2.19. The van der Waals surface area contributed by atoms with Gasteiger partial charge in [-0.3, -0.25) is 0 Å². The molecule has 1 heterocycles. The summed E-state index contributed by atoms with van der Waals surface area (Å²) in [6.07, 6.45) is 6.02. The van der Waals surface area contributed by atoms with Crippen molar-refractivity contribution in [2.45, 2.75) is 60.8 Å². The van der Waals surface area contributed by atoms with Crippen molar-refractivity contribution in [3.05, 3.63) is 28.9 Å². The van der Waals surface area contributed by atoms with E-state index in [9.17, 15) is 10.2 Å². The predicted molar refractivity (Wildman–Crippen MR) is 93.3 cm³/mol. The van der Waals surface area contributed by atoms with E-state index < -0.39 is 12.2 Å². The second-order valence-corrected chi connectivity index (χ2v) is 7.33. The van der Waals surface area contributed by atoms with Crippen LogP contribution in [0.25, 0.3) is 0 Å². The Morgan fingerprint density at radius 1 is 1.48 bits per heavy atom. The first-order valence-corrected chi connectivity index (χ1v) is 9.18. The zero-order valence-electron chi connectivity index (χ0n) is 11.8. The number of rotatable bonds is 7. The molecule has 0 amide bonds. The largest absolute Gasteiger partial charge is 0.389 e. The Morgan fingerprint density at radius 2 is 2.19 bits per heavy atom. The van der Waals surface area contributed by atoms with Gasteiger partial charge in [0.25, 0.3) is 0 Å². The molecule has 0 aromatic carbocycles. The Morgan fingerprint density at radius 3 is 2.81 bits per heavy atom. The average Bonchev–Trinajstić information content (AvgIpc) is 2.77. The molecule has 21 heavy (non-hydrogen) atoms. The summed E-state index contributed by atoms with van der Waals surface area (Å²) >= 11 is 13.0. The lowest BCUT2D eigenvalue weighted by Gasteiger charge is -2.18. The Hall–Kier alpha value is 0.390. The zero-order chi connectivity index (χ0) is 15.8. The average molecular weight is 445 g/mol. The molecule has 1 aliphatic rings. The SMILES string of the molecule is C[C@H](O)/C=C/C[C@H](Br)[C@@H]1C[C@@H](Cl)[C@@H](C[C@H](O)C=C=CBr)O1. The van der Waals surface area contributed by atoms with E-state index in [1.54, 1.807) is 24.1 Å². The summed E-state index contributed by atoms with van der Waals surface area (Å²) in [5.41, 5.74) is 2.79. The Bertz CT molecular complexity index is 394. The first kappa shape index (κ1) is 19.4. The molecule has 1 rings (SSSR count). The summed E-state index contributed by atoms with van der Waals surface area (Å²) in [5.74, 6) is 0. The third kappa shape index (κ3) is 7.47. The smallest absolute Gasteiger partial charge is 0.0819 e. The van der Waals surface area contributed by atoms with Gasteiger partial charge in [-0.2, -0.15) is 0 Å². The lowest BCUT2D eigenvalue weighted by molar-refractivity contribution is 0.0222. The lowest BCUT2D eigenvalue weighted by Crippen LogP contribution is -2.24. The molecule has 0 aliphatic carbocycles. The van der Waals surface area contributed by atoms with Gasteiger partial charge in [0.2, 0.25) is 0 Å². The van der Waals surface area contributed by atoms with Crippen molar-refractivity contribution in [2.24, 2.45) is 0 Å². The highest BCUT2D eigenvalue weighted by Gasteiger charge is 2.37. The highest BCUT2D eigenvalue weighted by atomic mass is 79.9. The number of aliphatic hydroxyl groups excluding tert-OH is 2. The third-order valence-electron chi connectivity index (χ3n) is 3.22. The standard InChI is InChI=1S/C15H21Br2ClO3/c1-10(19)4-2-6-12(17)14-9-13(18)15(21-14)8-11(20)5-3-7-16/h2,4-5,7,10-15,19-20H,6,8-9H2,1H3/b4-2+/t3?,10-,11+,12-,13+,14-,15+/m0/s1. The highest BCUT2D eigenvalue weighted by Crippen LogP contribution is 2.33. The second kappa shape index (κ2) is 10.2. The normalized spacial score (nSPS) is 29.9. The molecule has 6 heteroatoms. The van der Waals surface area contributed by atoms with Gasteiger partial charge in [0.05, 0.1) is 29.8 Å². The first-order valence-electron chi connectivity index (χ1n) is 6.91. The van der Waals surface area contributed by atoms with Crippen LogP contribution >= 0.6 is 43.5 Å². The molecule has 0 aromatic heterocycles. The van der Waals surface area contributed by atoms with Gasteiger partial charge in [0, 0.05) is 16.2 Å². The van der Waals surface area contributed by atoms with E-state index in [-0.39, 0.29) is 22.4 Å². The molecular formula is C15H21Br2ClO3. The minimum absolute atomic E-state index is 0.0130. The molecule has 0 radical (unpaired) electrons. The maximum Gasteiger partial charge on any atom is 0.0819 e. The minimum Gasteiger partial charge on any atom is -0.389 e. The van der Waals surface area contributed by atoms with Crippen LogP contribution in [-0.4, -0.2) is 44.8 Å². The van der Waals surface area contributed by atoms with Gasteiger partial charge < -0.3 is 14.9 Å². The van der Waals surface area contributed by atoms with E-state index in [1.165, 1.54) is 0 Å². The maximum atomic E-state index is 9.84. The van der Waals surface area contributed by atoms with Crippen molar-refractivity contribution >= 4 is 43.5 Å². The summed E-state index contributed by atoms with van der Waals surface area (Å²) in [7, 11) is 0. The summed E-state index contributed by atoms with van der Waals surface area (Å²) in [6, 6.07) is 0. The molecule has 0 spiro atoms. The second-order valence-electron chi connectivity index (χ2n) is 5.13. The molecule has 0 saturated carbocycles. The van der Waals surface area contributed by atoms with E-state index in [4.69, 9.17) is 16.3 Å². The highest BCUT2D eigenvalue weighted by molar-refractivity contribution is 9.11. The molecule has 1 aliphatic heterocycles. The van der Waals surface area contributed by atoms with Crippen LogP contribution < -0.4 is 0 Å². The number of allylic oxidation sites excluding steroid dienone is 1. The van der Waals surface area contributed by atoms with Crippen molar-refractivity contribution in [3.8, 4) is 0 Å². The van der Waals surface area contributed by atoms with Crippen molar-refractivity contribution in [3.63, 3.8) is 0 Å². The first-order chi connectivity index (χ1) is 9.93. The number of aliphatic hydroxyl groups is 2. The quantitative estimate of drug-likeness (QED) is 0.358. The van der Waals surface area contributed by atoms with Gasteiger partial charge in [0.1, 0.15) is 0 Å². The van der Waals surface area contributed by atoms with Gasteiger partial charge in [0.15, 0.2) is 0 Å². The van der Waals surface area contributed by atoms with Crippen molar-refractivity contribution in [1.82, 2.24) is 0 Å². The summed E-state index contributed by atoms with van der Waals surface area (Å²) < 4.78 is 5.94. The van der Waals surface area contributed by atoms with Crippen LogP contribution in [0.2, 0.25) is 0 Å². The molecule has 1 saturated heterocycles. The molecule has 0 aromatic rings. The Kier molecular flexibility index (Phi) is 9.46. The predicted octanol–water partition coefficient (Wildman–Crippen LogP) is 3.66. The number of hydrogen-bond donors (Lipinski definition) is 2. The summed E-state index contributed by atoms with van der Waals surface area (Å²) in [5, 5.41) is 18.9. The van der Waals surface area contributed by atoms with Gasteiger partial charge >= 0.3 is 0 Å². The molecule has 0 unspecified atom stereocenters. The van der Waals surface area contributed by atoms with E-state index in [2.05, 4.69) is 37.6 Å². The number of halogens is 3. The zero-order valence-corrected chi connectivity index (χ0v) is 15.8. The monoisotopic (exact) mass is 442 g/mol. The maximum absolute atomic E-state index is 9.84. The van der Waals surface area contributed by atoms with Crippen LogP contribution in [0.5, 0.6) is 0 Å². The van der Waals surface area contributed by atoms with Crippen LogP contribution in [0.4, 0.5) is 0 Å². The molecule has 120 valence electrons. The van der Waals surface area contributed by atoms with Crippen molar-refractivity contribution in [1.29, 1.82) is 0 Å². The molecule has 6 atom stereocenters. The Labute approximate surface area is 148 Å². The summed E-state index contributed by atoms with van der Waals surface area (Å²) in [4.78, 5) is 1.71. The number of hydrogen-bond acceptors (Lipinski definition) is 3. The molecule has 2 N–H and O–H groups in total. The van der Waals surface area contributed by atoms with Crippen LogP contribution in [0.1, 0.15) is 26.2 Å². The van der Waals surface area contributed by atoms with Gasteiger partial charge in [-0.25, -0.2) is 0 Å². The fourth-order valence-corrected chi connectivity index (χ4v) is 3.23. The molecule has 1 fully saturated rings. The van der Waals surface area contributed by atoms with Crippen molar-refractivity contribution in [2.75, 3.05) is 0 Å². The molecule has 0 bridgehead atoms. The molecular weight excluding hydrogens is 423 g/mol. The number of ether oxygens (including phenoxy) is 1. The summed E-state index contributed by atoms with van der Waals surface area (Å²) in [6.45, 7) is 1.72.